The molecule has 0 spiro atoms. The largest absolute Gasteiger partial charge is 0.351 e. The third-order valence-corrected chi connectivity index (χ3v) is 7.63. The maximum absolute atomic E-state index is 13.6. The van der Waals surface area contributed by atoms with Crippen LogP contribution in [0.15, 0.2) is 72.0 Å². The van der Waals surface area contributed by atoms with Crippen LogP contribution in [0.3, 0.4) is 0 Å². The second kappa shape index (κ2) is 8.03. The first-order valence-electron chi connectivity index (χ1n) is 10.7. The van der Waals surface area contributed by atoms with Gasteiger partial charge < -0.3 is 10.2 Å². The average Bonchev–Trinajstić information content (AvgIpc) is 3.21. The quantitative estimate of drug-likeness (QED) is 0.516. The van der Waals surface area contributed by atoms with Gasteiger partial charge in [0.05, 0.1) is 10.3 Å². The highest BCUT2D eigenvalue weighted by molar-refractivity contribution is 7.90. The van der Waals surface area contributed by atoms with Crippen LogP contribution in [0.25, 0.3) is 22.2 Å². The van der Waals surface area contributed by atoms with E-state index in [9.17, 15) is 8.42 Å². The first-order chi connectivity index (χ1) is 15.5. The van der Waals surface area contributed by atoms with Crippen molar-refractivity contribution in [3.8, 4) is 11.1 Å². The number of anilines is 1. The molecule has 0 saturated carbocycles. The fourth-order valence-corrected chi connectivity index (χ4v) is 5.55. The van der Waals surface area contributed by atoms with E-state index in [1.807, 2.05) is 37.3 Å². The Balaban J connectivity index is 1.79. The predicted molar refractivity (Wildman–Crippen MR) is 126 cm³/mol. The molecule has 1 atom stereocenters. The van der Waals surface area contributed by atoms with E-state index in [0.717, 1.165) is 47.5 Å². The zero-order chi connectivity index (χ0) is 22.3. The molecule has 0 bridgehead atoms. The molecule has 4 aromatic rings. The van der Waals surface area contributed by atoms with Gasteiger partial charge in [0.2, 0.25) is 0 Å². The maximum atomic E-state index is 13.6. The van der Waals surface area contributed by atoms with E-state index in [0.29, 0.717) is 5.65 Å². The molecule has 0 amide bonds. The van der Waals surface area contributed by atoms with Gasteiger partial charge in [-0.05, 0) is 31.5 Å². The molecule has 7 nitrogen and oxygen atoms in total. The fourth-order valence-electron chi connectivity index (χ4n) is 4.24. The van der Waals surface area contributed by atoms with Crippen molar-refractivity contribution in [2.24, 2.45) is 0 Å². The summed E-state index contributed by atoms with van der Waals surface area (Å²) in [4.78, 5) is 11.5. The second-order valence-electron chi connectivity index (χ2n) is 8.17. The molecule has 1 aliphatic heterocycles. The lowest BCUT2D eigenvalue weighted by molar-refractivity contribution is 0.498. The van der Waals surface area contributed by atoms with Gasteiger partial charge in [-0.3, -0.25) is 0 Å². The van der Waals surface area contributed by atoms with Crippen LogP contribution in [0, 0.1) is 6.92 Å². The number of rotatable bonds is 4. The Morgan fingerprint density at radius 1 is 1.03 bits per heavy atom. The van der Waals surface area contributed by atoms with Gasteiger partial charge in [-0.1, -0.05) is 48.0 Å². The van der Waals surface area contributed by atoms with Gasteiger partial charge >= 0.3 is 0 Å². The van der Waals surface area contributed by atoms with E-state index in [1.165, 1.54) is 10.3 Å². The molecule has 2 aromatic heterocycles. The number of nitrogens with one attached hydrogen (secondary N) is 1. The van der Waals surface area contributed by atoms with Crippen molar-refractivity contribution in [3.63, 3.8) is 0 Å². The summed E-state index contributed by atoms with van der Waals surface area (Å²) in [6.07, 6.45) is 3.14. The van der Waals surface area contributed by atoms with Crippen molar-refractivity contribution in [1.82, 2.24) is 19.3 Å². The Hall–Kier alpha value is -3.23. The van der Waals surface area contributed by atoms with Crippen molar-refractivity contribution in [2.45, 2.75) is 24.8 Å². The van der Waals surface area contributed by atoms with Gasteiger partial charge in [-0.25, -0.2) is 22.4 Å². The fraction of sp³-hybridized carbons (Fsp3) is 0.250. The lowest BCUT2D eigenvalue weighted by Gasteiger charge is -2.35. The summed E-state index contributed by atoms with van der Waals surface area (Å²) >= 11 is 0. The summed E-state index contributed by atoms with van der Waals surface area (Å²) in [5.74, 6) is 0.765. The number of fused-ring (bicyclic) bond motifs is 1. The highest BCUT2D eigenvalue weighted by atomic mass is 32.2. The SMILES string of the molecule is Cc1ccc(S(=O)(=O)n2cc(-c3ccccc3)c3c(N4CCNC[C@@H]4C)ncnc32)cc1. The van der Waals surface area contributed by atoms with Crippen LogP contribution in [-0.4, -0.2) is 48.0 Å². The zero-order valence-electron chi connectivity index (χ0n) is 18.1. The lowest BCUT2D eigenvalue weighted by atomic mass is 10.1. The molecule has 0 radical (unpaired) electrons. The van der Waals surface area contributed by atoms with E-state index < -0.39 is 10.0 Å². The average molecular weight is 448 g/mol. The lowest BCUT2D eigenvalue weighted by Crippen LogP contribution is -2.50. The zero-order valence-corrected chi connectivity index (χ0v) is 18.9. The monoisotopic (exact) mass is 447 g/mol. The van der Waals surface area contributed by atoms with Crippen LogP contribution in [0.4, 0.5) is 5.82 Å². The van der Waals surface area contributed by atoms with Crippen molar-refractivity contribution < 1.29 is 8.42 Å². The summed E-state index contributed by atoms with van der Waals surface area (Å²) in [6, 6.07) is 16.9. The number of aryl methyl sites for hydroxylation is 1. The van der Waals surface area contributed by atoms with Crippen LogP contribution in [-0.2, 0) is 10.0 Å². The molecule has 1 N–H and O–H groups in total. The Morgan fingerprint density at radius 2 is 1.78 bits per heavy atom. The predicted octanol–water partition coefficient (Wildman–Crippen LogP) is 3.44. The number of hydrogen-bond donors (Lipinski definition) is 1. The summed E-state index contributed by atoms with van der Waals surface area (Å²) in [5, 5.41) is 4.15. The standard InChI is InChI=1S/C24H25N5O2S/c1-17-8-10-20(11-9-17)32(30,31)29-15-21(19-6-4-3-5-7-19)22-23(26-16-27-24(22)29)28-13-12-25-14-18(28)2/h3-11,15-16,18,25H,12-14H2,1-2H3/t18-/m0/s1. The molecular formula is C24H25N5O2S. The van der Waals surface area contributed by atoms with E-state index in [4.69, 9.17) is 0 Å². The first kappa shape index (κ1) is 20.7. The third-order valence-electron chi connectivity index (χ3n) is 5.97. The smallest absolute Gasteiger partial charge is 0.269 e. The number of hydrogen-bond acceptors (Lipinski definition) is 6. The maximum Gasteiger partial charge on any atom is 0.269 e. The molecule has 0 aliphatic carbocycles. The number of aromatic nitrogens is 3. The molecule has 2 aromatic carbocycles. The van der Waals surface area contributed by atoms with Crippen LogP contribution in [0.1, 0.15) is 12.5 Å². The van der Waals surface area contributed by atoms with Crippen molar-refractivity contribution in [2.75, 3.05) is 24.5 Å². The van der Waals surface area contributed by atoms with Gasteiger partial charge in [-0.2, -0.15) is 0 Å². The van der Waals surface area contributed by atoms with Gasteiger partial charge in [0.25, 0.3) is 10.0 Å². The van der Waals surface area contributed by atoms with Crippen LogP contribution in [0.2, 0.25) is 0 Å². The van der Waals surface area contributed by atoms with E-state index in [-0.39, 0.29) is 10.9 Å². The van der Waals surface area contributed by atoms with Gasteiger partial charge in [0, 0.05) is 37.4 Å². The molecule has 1 aliphatic rings. The van der Waals surface area contributed by atoms with E-state index in [1.54, 1.807) is 30.5 Å². The Labute approximate surface area is 187 Å². The summed E-state index contributed by atoms with van der Waals surface area (Å²) in [5.41, 5.74) is 3.12. The minimum atomic E-state index is -3.83. The van der Waals surface area contributed by atoms with Crippen molar-refractivity contribution in [1.29, 1.82) is 0 Å². The second-order valence-corrected chi connectivity index (χ2v) is 9.98. The highest BCUT2D eigenvalue weighted by Gasteiger charge is 2.28. The molecule has 5 rings (SSSR count). The molecule has 164 valence electrons. The summed E-state index contributed by atoms with van der Waals surface area (Å²) in [7, 11) is -3.83. The van der Waals surface area contributed by atoms with Gasteiger partial charge in [0.1, 0.15) is 12.1 Å². The minimum absolute atomic E-state index is 0.225. The highest BCUT2D eigenvalue weighted by Crippen LogP contribution is 2.37. The Morgan fingerprint density at radius 3 is 2.50 bits per heavy atom. The Bertz CT molecular complexity index is 1370. The molecule has 8 heteroatoms. The number of piperazine rings is 1. The molecule has 1 saturated heterocycles. The first-order valence-corrected chi connectivity index (χ1v) is 12.1. The van der Waals surface area contributed by atoms with E-state index in [2.05, 4.69) is 27.1 Å². The van der Waals surface area contributed by atoms with Crippen LogP contribution < -0.4 is 10.2 Å². The Kier molecular flexibility index (Phi) is 5.19. The van der Waals surface area contributed by atoms with Crippen LogP contribution >= 0.6 is 0 Å². The van der Waals surface area contributed by atoms with Crippen molar-refractivity contribution >= 4 is 26.9 Å². The molecule has 0 unspecified atom stereocenters. The van der Waals surface area contributed by atoms with Gasteiger partial charge in [-0.15, -0.1) is 0 Å². The van der Waals surface area contributed by atoms with Crippen LogP contribution in [0.5, 0.6) is 0 Å². The molecule has 1 fully saturated rings. The topological polar surface area (TPSA) is 80.1 Å². The third kappa shape index (κ3) is 3.45. The van der Waals surface area contributed by atoms with Crippen molar-refractivity contribution in [3.05, 3.63) is 72.7 Å². The summed E-state index contributed by atoms with van der Waals surface area (Å²) in [6.45, 7) is 6.55. The molecule has 32 heavy (non-hydrogen) atoms. The van der Waals surface area contributed by atoms with Gasteiger partial charge in [0.15, 0.2) is 5.65 Å². The number of nitrogens with zero attached hydrogens (tertiary/aromatic N) is 4. The molecular weight excluding hydrogens is 422 g/mol. The normalized spacial score (nSPS) is 17.1. The molecule has 3 heterocycles. The number of benzene rings is 2. The minimum Gasteiger partial charge on any atom is -0.351 e. The van der Waals surface area contributed by atoms with E-state index >= 15 is 0 Å². The summed E-state index contributed by atoms with van der Waals surface area (Å²) < 4.78 is 28.6.